The highest BCUT2D eigenvalue weighted by atomic mass is 16.8. The molecule has 3 aliphatic heterocycles. The van der Waals surface area contributed by atoms with E-state index in [1.54, 1.807) is 0 Å². The summed E-state index contributed by atoms with van der Waals surface area (Å²) in [7, 11) is 0. The van der Waals surface area contributed by atoms with Gasteiger partial charge in [0, 0.05) is 31.3 Å². The Hall–Kier alpha value is -1.52. The van der Waals surface area contributed by atoms with Crippen LogP contribution in [0.2, 0.25) is 0 Å². The van der Waals surface area contributed by atoms with Crippen molar-refractivity contribution in [1.82, 2.24) is 0 Å². The quantitative estimate of drug-likeness (QED) is 0.112. The van der Waals surface area contributed by atoms with Crippen molar-refractivity contribution in [1.29, 1.82) is 0 Å². The van der Waals surface area contributed by atoms with Gasteiger partial charge in [-0.05, 0) is 93.3 Å². The van der Waals surface area contributed by atoms with Gasteiger partial charge in [0.05, 0.1) is 24.9 Å². The van der Waals surface area contributed by atoms with Gasteiger partial charge in [0.15, 0.2) is 18.9 Å². The fourth-order valence-corrected chi connectivity index (χ4v) is 12.5. The molecule has 6 fully saturated rings. The van der Waals surface area contributed by atoms with Crippen molar-refractivity contribution in [3.05, 3.63) is 11.6 Å². The summed E-state index contributed by atoms with van der Waals surface area (Å²) in [5.41, 5.74) is 0.773. The van der Waals surface area contributed by atoms with Crippen molar-refractivity contribution in [2.45, 2.75) is 198 Å². The van der Waals surface area contributed by atoms with Crippen molar-refractivity contribution in [2.75, 3.05) is 13.2 Å². The number of hydrogen-bond donors (Lipinski definition) is 9. The van der Waals surface area contributed by atoms with E-state index in [1.165, 1.54) is 19.4 Å². The zero-order valence-electron chi connectivity index (χ0n) is 36.8. The Balaban J connectivity index is 1.08. The highest BCUT2D eigenvalue weighted by Crippen LogP contribution is 2.66. The van der Waals surface area contributed by atoms with Crippen LogP contribution in [0.3, 0.4) is 0 Å². The van der Waals surface area contributed by atoms with Crippen LogP contribution >= 0.6 is 0 Å². The lowest BCUT2D eigenvalue weighted by atomic mass is 9.47. The second kappa shape index (κ2) is 19.0. The number of ketones is 2. The highest BCUT2D eigenvalue weighted by molar-refractivity contribution is 5.92. The van der Waals surface area contributed by atoms with Crippen LogP contribution in [-0.4, -0.2) is 169 Å². The van der Waals surface area contributed by atoms with E-state index in [-0.39, 0.29) is 58.6 Å². The average molecular weight is 885 g/mol. The Morgan fingerprint density at radius 3 is 1.97 bits per heavy atom. The number of carbonyl (C=O) groups excluding carboxylic acids is 2. The zero-order valence-corrected chi connectivity index (χ0v) is 36.8. The molecule has 0 bridgehead atoms. The number of aliphatic hydroxyl groups excluding tert-OH is 9. The van der Waals surface area contributed by atoms with Crippen molar-refractivity contribution in [3.63, 3.8) is 0 Å². The topological polar surface area (TPSA) is 272 Å². The predicted molar refractivity (Wildman–Crippen MR) is 216 cm³/mol. The summed E-state index contributed by atoms with van der Waals surface area (Å²) in [6, 6.07) is 0. The average Bonchev–Trinajstić information content (AvgIpc) is 3.52. The van der Waals surface area contributed by atoms with Crippen molar-refractivity contribution in [2.24, 2.45) is 46.3 Å². The second-order valence-corrected chi connectivity index (χ2v) is 20.3. The SMILES string of the molecule is CC1O[C@@H](O[C@@H]2C(CO)O[C@@H](OC3CC[C@@]4(C)C(=CC[C@H]5[C@@H]6CC(=O)[C@H]([C@H](C)C(=O)CC[C@@H](C)CO)[C@@]6(C)CC[C@@H]54)C3)[C@@H](O[C@@H]3OC(C)[C@H](O)C(O)[C@@H]3O)C2O)[C@@H](O)C(O)[C@H]1O. The number of Topliss-reactive ketones (excluding diaryl/α,β-unsaturated/α-hetero) is 2. The van der Waals surface area contributed by atoms with Gasteiger partial charge in [0.25, 0.3) is 0 Å². The van der Waals surface area contributed by atoms with Gasteiger partial charge in [0.2, 0.25) is 0 Å². The first kappa shape index (κ1) is 48.4. The minimum Gasteiger partial charge on any atom is -0.396 e. The first-order valence-corrected chi connectivity index (χ1v) is 22.9. The van der Waals surface area contributed by atoms with E-state index in [9.17, 15) is 55.5 Å². The van der Waals surface area contributed by atoms with Crippen LogP contribution in [0, 0.1) is 46.3 Å². The van der Waals surface area contributed by atoms with Gasteiger partial charge >= 0.3 is 0 Å². The molecule has 7 unspecified atom stereocenters. The molecule has 24 atom stereocenters. The lowest BCUT2D eigenvalue weighted by Gasteiger charge is -2.58. The van der Waals surface area contributed by atoms with E-state index in [0.717, 1.165) is 25.7 Å². The molecular formula is C45H72O17. The van der Waals surface area contributed by atoms with Crippen LogP contribution in [0.5, 0.6) is 0 Å². The molecule has 3 saturated heterocycles. The van der Waals surface area contributed by atoms with E-state index in [4.69, 9.17) is 28.4 Å². The smallest absolute Gasteiger partial charge is 0.187 e. The van der Waals surface area contributed by atoms with Crippen molar-refractivity contribution in [3.8, 4) is 0 Å². The summed E-state index contributed by atoms with van der Waals surface area (Å²) in [4.78, 5) is 27.2. The number of allylic oxidation sites excluding steroid dienone is 1. The number of aliphatic hydroxyl groups is 9. The first-order valence-electron chi connectivity index (χ1n) is 22.9. The molecule has 0 radical (unpaired) electrons. The second-order valence-electron chi connectivity index (χ2n) is 20.3. The summed E-state index contributed by atoms with van der Waals surface area (Å²) in [6.07, 6.45) is -14.3. The summed E-state index contributed by atoms with van der Waals surface area (Å²) < 4.78 is 36.4. The minimum absolute atomic E-state index is 0.0298. The molecule has 354 valence electrons. The molecule has 0 spiro atoms. The van der Waals surface area contributed by atoms with Gasteiger partial charge < -0.3 is 74.4 Å². The van der Waals surface area contributed by atoms with E-state index >= 15 is 0 Å². The maximum Gasteiger partial charge on any atom is 0.187 e. The Morgan fingerprint density at radius 1 is 0.758 bits per heavy atom. The minimum atomic E-state index is -1.74. The Kier molecular flexibility index (Phi) is 14.8. The summed E-state index contributed by atoms with van der Waals surface area (Å²) in [5, 5.41) is 95.2. The normalized spacial score (nSPS) is 50.5. The summed E-state index contributed by atoms with van der Waals surface area (Å²) in [6.45, 7) is 10.7. The zero-order chi connectivity index (χ0) is 45.2. The molecule has 4 aliphatic carbocycles. The van der Waals surface area contributed by atoms with E-state index in [1.807, 2.05) is 13.8 Å². The Bertz CT molecular complexity index is 1610. The molecule has 62 heavy (non-hydrogen) atoms. The molecule has 3 heterocycles. The lowest BCUT2D eigenvalue weighted by Crippen LogP contribution is -2.66. The molecular weight excluding hydrogens is 812 g/mol. The van der Waals surface area contributed by atoms with Gasteiger partial charge in [-0.25, -0.2) is 0 Å². The van der Waals surface area contributed by atoms with Crippen LogP contribution in [0.15, 0.2) is 11.6 Å². The van der Waals surface area contributed by atoms with Gasteiger partial charge in [0.1, 0.15) is 72.6 Å². The first-order chi connectivity index (χ1) is 29.2. The molecule has 0 aromatic rings. The number of rotatable bonds is 13. The number of hydrogen-bond acceptors (Lipinski definition) is 17. The van der Waals surface area contributed by atoms with E-state index in [0.29, 0.717) is 38.0 Å². The monoisotopic (exact) mass is 884 g/mol. The molecule has 0 aromatic heterocycles. The van der Waals surface area contributed by atoms with Crippen molar-refractivity contribution >= 4 is 11.6 Å². The number of ether oxygens (including phenoxy) is 6. The van der Waals surface area contributed by atoms with E-state index < -0.39 is 105 Å². The highest BCUT2D eigenvalue weighted by Gasteiger charge is 2.63. The van der Waals surface area contributed by atoms with Gasteiger partial charge in [-0.2, -0.15) is 0 Å². The molecule has 7 rings (SSSR count). The maximum atomic E-state index is 13.8. The van der Waals surface area contributed by atoms with Crippen LogP contribution < -0.4 is 0 Å². The number of fused-ring (bicyclic) bond motifs is 5. The van der Waals surface area contributed by atoms with E-state index in [2.05, 4.69) is 19.9 Å². The standard InChI is InChI=1S/C45H72O17/c1-19(17-46)7-10-28(48)20(2)31-29(49)16-27-25-9-8-23-15-24(11-13-44(23,5)26(25)12-14-45(27,31)6)59-43-40(62-42-37(55)35(53)33(51)22(4)58-42)38(56)39(30(18-47)60-43)61-41-36(54)34(52)32(50)21(3)57-41/h8,19-22,24-27,30-43,46-47,50-56H,7,9-18H2,1-6H3/t19-,20-,21?,22?,24?,25-,26+,27+,30?,31+,32+,33+,34?,35?,36+,37+,38?,39-,40+,41+,42+,43-,44+,45+/m1/s1. The lowest BCUT2D eigenvalue weighted by molar-refractivity contribution is -0.388. The largest absolute Gasteiger partial charge is 0.396 e. The van der Waals surface area contributed by atoms with Crippen LogP contribution in [0.4, 0.5) is 0 Å². The summed E-state index contributed by atoms with van der Waals surface area (Å²) in [5.74, 6) is 0.380. The Labute approximate surface area is 363 Å². The molecule has 7 aliphatic rings. The van der Waals surface area contributed by atoms with Crippen molar-refractivity contribution < 1.29 is 84.0 Å². The predicted octanol–water partition coefficient (Wildman–Crippen LogP) is 0.247. The third-order valence-electron chi connectivity index (χ3n) is 16.5. The summed E-state index contributed by atoms with van der Waals surface area (Å²) >= 11 is 0. The van der Waals surface area contributed by atoms with Crippen LogP contribution in [-0.2, 0) is 38.0 Å². The fourth-order valence-electron chi connectivity index (χ4n) is 12.5. The third-order valence-corrected chi connectivity index (χ3v) is 16.5. The molecule has 3 saturated carbocycles. The third kappa shape index (κ3) is 8.76. The molecule has 0 amide bonds. The van der Waals surface area contributed by atoms with Crippen LogP contribution in [0.1, 0.15) is 99.3 Å². The van der Waals surface area contributed by atoms with Gasteiger partial charge in [-0.15, -0.1) is 0 Å². The van der Waals surface area contributed by atoms with Crippen LogP contribution in [0.25, 0.3) is 0 Å². The molecule has 17 nitrogen and oxygen atoms in total. The fraction of sp³-hybridized carbons (Fsp3) is 0.911. The molecule has 17 heteroatoms. The molecule has 0 aromatic carbocycles. The Morgan fingerprint density at radius 2 is 1.37 bits per heavy atom. The maximum absolute atomic E-state index is 13.8. The number of carbonyl (C=O) groups is 2. The van der Waals surface area contributed by atoms with Gasteiger partial charge in [-0.3, -0.25) is 9.59 Å². The molecule has 9 N–H and O–H groups in total. The van der Waals surface area contributed by atoms with Gasteiger partial charge in [-0.1, -0.05) is 39.3 Å².